The number of carbonyl (C=O) groups excluding carboxylic acids is 1. The standard InChI is InChI=1S/C15H17ClN6O/c1-9-12-13(18-19-14(12)22(3)20-9)17-15(23)21(2)8-10-5-4-6-11(16)7-10/h4-7H,8H2,1-3H3,(H2,17,18,19,23). The summed E-state index contributed by atoms with van der Waals surface area (Å²) < 4.78 is 1.67. The van der Waals surface area contributed by atoms with Gasteiger partial charge in [0.05, 0.1) is 11.1 Å². The third-order valence-electron chi connectivity index (χ3n) is 3.60. The van der Waals surface area contributed by atoms with Crippen LogP contribution in [0.25, 0.3) is 11.0 Å². The summed E-state index contributed by atoms with van der Waals surface area (Å²) in [5, 5.41) is 15.6. The Morgan fingerprint density at radius 1 is 1.48 bits per heavy atom. The van der Waals surface area contributed by atoms with Crippen LogP contribution in [0.1, 0.15) is 11.3 Å². The molecule has 0 bridgehead atoms. The van der Waals surface area contributed by atoms with Crippen LogP contribution in [0.5, 0.6) is 0 Å². The number of hydrogen-bond donors (Lipinski definition) is 2. The minimum absolute atomic E-state index is 0.237. The highest BCUT2D eigenvalue weighted by Gasteiger charge is 2.17. The predicted octanol–water partition coefficient (Wildman–Crippen LogP) is 2.92. The number of H-pyrrole nitrogens is 1. The van der Waals surface area contributed by atoms with Gasteiger partial charge in [-0.2, -0.15) is 10.2 Å². The van der Waals surface area contributed by atoms with E-state index in [0.717, 1.165) is 16.6 Å². The molecular weight excluding hydrogens is 316 g/mol. The maximum Gasteiger partial charge on any atom is 0.323 e. The lowest BCUT2D eigenvalue weighted by molar-refractivity contribution is 0.220. The second-order valence-electron chi connectivity index (χ2n) is 5.42. The van der Waals surface area contributed by atoms with Crippen LogP contribution < -0.4 is 5.32 Å². The molecular formula is C15H17ClN6O. The van der Waals surface area contributed by atoms with Crippen molar-refractivity contribution in [2.45, 2.75) is 13.5 Å². The molecule has 2 heterocycles. The molecule has 7 nitrogen and oxygen atoms in total. The summed E-state index contributed by atoms with van der Waals surface area (Å²) in [5.41, 5.74) is 2.47. The van der Waals surface area contributed by atoms with Crippen LogP contribution in [0.2, 0.25) is 5.02 Å². The summed E-state index contributed by atoms with van der Waals surface area (Å²) in [6.45, 7) is 2.33. The van der Waals surface area contributed by atoms with Crippen LogP contribution in [-0.4, -0.2) is 38.0 Å². The Morgan fingerprint density at radius 2 is 2.26 bits per heavy atom. The SMILES string of the molecule is Cc1nn(C)c2n[nH]c(NC(=O)N(C)Cc3cccc(Cl)c3)c12. The van der Waals surface area contributed by atoms with Crippen molar-refractivity contribution in [2.75, 3.05) is 12.4 Å². The Bertz CT molecular complexity index is 868. The average molecular weight is 333 g/mol. The van der Waals surface area contributed by atoms with E-state index in [0.29, 0.717) is 23.0 Å². The molecule has 0 aliphatic rings. The molecule has 23 heavy (non-hydrogen) atoms. The lowest BCUT2D eigenvalue weighted by atomic mass is 10.2. The number of aromatic nitrogens is 4. The second kappa shape index (κ2) is 5.92. The minimum Gasteiger partial charge on any atom is -0.323 e. The predicted molar refractivity (Wildman–Crippen MR) is 89.5 cm³/mol. The second-order valence-corrected chi connectivity index (χ2v) is 5.86. The van der Waals surface area contributed by atoms with Gasteiger partial charge in [-0.1, -0.05) is 23.7 Å². The topological polar surface area (TPSA) is 78.8 Å². The Balaban J connectivity index is 1.75. The van der Waals surface area contributed by atoms with Crippen molar-refractivity contribution < 1.29 is 4.79 Å². The fraction of sp³-hybridized carbons (Fsp3) is 0.267. The van der Waals surface area contributed by atoms with Gasteiger partial charge in [0.2, 0.25) is 0 Å². The summed E-state index contributed by atoms with van der Waals surface area (Å²) in [6.07, 6.45) is 0. The number of aryl methyl sites for hydroxylation is 2. The molecule has 0 radical (unpaired) electrons. The van der Waals surface area contributed by atoms with E-state index in [1.807, 2.05) is 32.2 Å². The molecule has 2 amide bonds. The number of fused-ring (bicyclic) bond motifs is 1. The Hall–Kier alpha value is -2.54. The van der Waals surface area contributed by atoms with E-state index in [4.69, 9.17) is 11.6 Å². The monoisotopic (exact) mass is 332 g/mol. The van der Waals surface area contributed by atoms with Crippen LogP contribution in [0, 0.1) is 6.92 Å². The Kier molecular flexibility index (Phi) is 3.96. The van der Waals surface area contributed by atoms with Gasteiger partial charge in [-0.3, -0.25) is 10.4 Å². The lowest BCUT2D eigenvalue weighted by Gasteiger charge is -2.17. The molecule has 2 N–H and O–H groups in total. The first kappa shape index (κ1) is 15.4. The van der Waals surface area contributed by atoms with Crippen molar-refractivity contribution in [3.63, 3.8) is 0 Å². The molecule has 0 saturated heterocycles. The van der Waals surface area contributed by atoms with Gasteiger partial charge in [-0.25, -0.2) is 9.48 Å². The van der Waals surface area contributed by atoms with E-state index in [2.05, 4.69) is 20.6 Å². The van der Waals surface area contributed by atoms with Crippen molar-refractivity contribution in [1.29, 1.82) is 0 Å². The quantitative estimate of drug-likeness (QED) is 0.774. The van der Waals surface area contributed by atoms with E-state index in [-0.39, 0.29) is 6.03 Å². The summed E-state index contributed by atoms with van der Waals surface area (Å²) in [4.78, 5) is 13.9. The fourth-order valence-corrected chi connectivity index (χ4v) is 2.72. The first-order chi connectivity index (χ1) is 11.0. The van der Waals surface area contributed by atoms with Crippen molar-refractivity contribution in [3.05, 3.63) is 40.5 Å². The summed E-state index contributed by atoms with van der Waals surface area (Å²) in [7, 11) is 3.53. The number of urea groups is 1. The molecule has 3 aromatic rings. The Labute approximate surface area is 138 Å². The van der Waals surface area contributed by atoms with E-state index in [9.17, 15) is 4.79 Å². The summed E-state index contributed by atoms with van der Waals surface area (Å²) in [5.74, 6) is 0.550. The highest BCUT2D eigenvalue weighted by Crippen LogP contribution is 2.23. The van der Waals surface area contributed by atoms with E-state index < -0.39 is 0 Å². The molecule has 0 fully saturated rings. The first-order valence-electron chi connectivity index (χ1n) is 7.10. The van der Waals surface area contributed by atoms with E-state index in [1.54, 1.807) is 22.7 Å². The van der Waals surface area contributed by atoms with Gasteiger partial charge >= 0.3 is 6.03 Å². The summed E-state index contributed by atoms with van der Waals surface area (Å²) >= 11 is 5.97. The van der Waals surface area contributed by atoms with Crippen molar-refractivity contribution in [1.82, 2.24) is 24.9 Å². The van der Waals surface area contributed by atoms with Crippen molar-refractivity contribution >= 4 is 34.5 Å². The molecule has 0 aliphatic carbocycles. The number of benzene rings is 1. The molecule has 0 saturated carbocycles. The van der Waals surface area contributed by atoms with Crippen LogP contribution >= 0.6 is 11.6 Å². The number of halogens is 1. The summed E-state index contributed by atoms with van der Waals surface area (Å²) in [6, 6.07) is 7.19. The van der Waals surface area contributed by atoms with Crippen molar-refractivity contribution in [2.24, 2.45) is 7.05 Å². The smallest absolute Gasteiger partial charge is 0.323 e. The molecule has 3 rings (SSSR count). The number of aromatic amines is 1. The van der Waals surface area contributed by atoms with Gasteiger partial charge in [-0.15, -0.1) is 0 Å². The molecule has 8 heteroatoms. The van der Waals surface area contributed by atoms with Crippen LogP contribution in [-0.2, 0) is 13.6 Å². The Morgan fingerprint density at radius 3 is 3.00 bits per heavy atom. The van der Waals surface area contributed by atoms with Gasteiger partial charge < -0.3 is 4.90 Å². The average Bonchev–Trinajstić information content (AvgIpc) is 3.02. The normalized spacial score (nSPS) is 11.0. The number of nitrogens with one attached hydrogen (secondary N) is 2. The van der Waals surface area contributed by atoms with Gasteiger partial charge in [0.25, 0.3) is 0 Å². The van der Waals surface area contributed by atoms with Crippen LogP contribution in [0.4, 0.5) is 10.6 Å². The number of carbonyl (C=O) groups is 1. The third kappa shape index (κ3) is 3.00. The van der Waals surface area contributed by atoms with Crippen molar-refractivity contribution in [3.8, 4) is 0 Å². The molecule has 0 aliphatic heterocycles. The highest BCUT2D eigenvalue weighted by molar-refractivity contribution is 6.30. The van der Waals surface area contributed by atoms with Gasteiger partial charge in [-0.05, 0) is 24.6 Å². The molecule has 120 valence electrons. The van der Waals surface area contributed by atoms with Crippen LogP contribution in [0.3, 0.4) is 0 Å². The number of anilines is 1. The maximum absolute atomic E-state index is 12.4. The molecule has 0 unspecified atom stereocenters. The number of hydrogen-bond acceptors (Lipinski definition) is 3. The zero-order valence-corrected chi connectivity index (χ0v) is 13.8. The number of nitrogens with zero attached hydrogens (tertiary/aromatic N) is 4. The number of rotatable bonds is 3. The maximum atomic E-state index is 12.4. The largest absolute Gasteiger partial charge is 0.323 e. The van der Waals surface area contributed by atoms with E-state index in [1.165, 1.54) is 0 Å². The van der Waals surface area contributed by atoms with Gasteiger partial charge in [0.1, 0.15) is 5.82 Å². The molecule has 2 aromatic heterocycles. The van der Waals surface area contributed by atoms with Gasteiger partial charge in [0, 0.05) is 25.7 Å². The van der Waals surface area contributed by atoms with Crippen LogP contribution in [0.15, 0.2) is 24.3 Å². The zero-order valence-electron chi connectivity index (χ0n) is 13.1. The number of amides is 2. The molecule has 0 spiro atoms. The fourth-order valence-electron chi connectivity index (χ4n) is 2.51. The lowest BCUT2D eigenvalue weighted by Crippen LogP contribution is -2.31. The first-order valence-corrected chi connectivity index (χ1v) is 7.47. The third-order valence-corrected chi connectivity index (χ3v) is 3.84. The minimum atomic E-state index is -0.237. The molecule has 0 atom stereocenters. The molecule has 1 aromatic carbocycles. The highest BCUT2D eigenvalue weighted by atomic mass is 35.5. The van der Waals surface area contributed by atoms with E-state index >= 15 is 0 Å². The zero-order chi connectivity index (χ0) is 16.6. The van der Waals surface area contributed by atoms with Gasteiger partial charge in [0.15, 0.2) is 5.65 Å².